The zero-order chi connectivity index (χ0) is 29.5. The normalized spacial score (nSPS) is 17.6. The Bertz CT molecular complexity index is 1610. The lowest BCUT2D eigenvalue weighted by molar-refractivity contribution is -0.137. The summed E-state index contributed by atoms with van der Waals surface area (Å²) in [6.07, 6.45) is -0.596. The number of halogens is 3. The van der Waals surface area contributed by atoms with E-state index < -0.39 is 35.3 Å². The van der Waals surface area contributed by atoms with Crippen LogP contribution in [-0.2, 0) is 12.7 Å². The highest BCUT2D eigenvalue weighted by molar-refractivity contribution is 5.94. The van der Waals surface area contributed by atoms with Crippen LogP contribution in [0.3, 0.4) is 0 Å². The molecule has 2 aliphatic rings. The molecule has 1 saturated heterocycles. The molecule has 5 rings (SSSR count). The van der Waals surface area contributed by atoms with Crippen LogP contribution in [0.15, 0.2) is 46.1 Å². The number of pyridine rings is 1. The van der Waals surface area contributed by atoms with Crippen molar-refractivity contribution in [3.63, 3.8) is 0 Å². The van der Waals surface area contributed by atoms with E-state index in [0.29, 0.717) is 54.5 Å². The largest absolute Gasteiger partial charge is 0.416 e. The molecule has 41 heavy (non-hydrogen) atoms. The first-order valence-electron chi connectivity index (χ1n) is 13.6. The molecule has 1 saturated carbocycles. The zero-order valence-electron chi connectivity index (χ0n) is 22.7. The molecule has 1 aliphatic heterocycles. The van der Waals surface area contributed by atoms with E-state index in [9.17, 15) is 32.3 Å². The topological polar surface area (TPSA) is 118 Å². The second-order valence-corrected chi connectivity index (χ2v) is 11.0. The third-order valence-electron chi connectivity index (χ3n) is 7.44. The van der Waals surface area contributed by atoms with Crippen LogP contribution < -0.4 is 21.9 Å². The van der Waals surface area contributed by atoms with Gasteiger partial charge in [-0.15, -0.1) is 0 Å². The van der Waals surface area contributed by atoms with Gasteiger partial charge >= 0.3 is 17.9 Å². The molecule has 0 unspecified atom stereocenters. The second-order valence-electron chi connectivity index (χ2n) is 11.0. The Morgan fingerprint density at radius 2 is 1.85 bits per heavy atom. The average Bonchev–Trinajstić information content (AvgIpc) is 3.75. The van der Waals surface area contributed by atoms with Crippen molar-refractivity contribution in [1.82, 2.24) is 24.3 Å². The first-order valence-corrected chi connectivity index (χ1v) is 13.6. The fourth-order valence-corrected chi connectivity index (χ4v) is 5.15. The van der Waals surface area contributed by atoms with Crippen LogP contribution in [0.2, 0.25) is 0 Å². The van der Waals surface area contributed by atoms with Gasteiger partial charge in [0.1, 0.15) is 5.69 Å². The highest BCUT2D eigenvalue weighted by atomic mass is 19.4. The van der Waals surface area contributed by atoms with E-state index in [2.05, 4.69) is 15.6 Å². The number of carbonyl (C=O) groups is 2. The van der Waals surface area contributed by atoms with Crippen LogP contribution in [-0.4, -0.2) is 50.1 Å². The van der Waals surface area contributed by atoms with Crippen molar-refractivity contribution in [2.75, 3.05) is 18.4 Å². The number of aromatic nitrogens is 3. The lowest BCUT2D eigenvalue weighted by atomic mass is 10.1. The summed E-state index contributed by atoms with van der Waals surface area (Å²) < 4.78 is 41.9. The minimum Gasteiger partial charge on any atom is -0.346 e. The number of alkyl halides is 3. The summed E-state index contributed by atoms with van der Waals surface area (Å²) in [5, 5.41) is 5.80. The van der Waals surface area contributed by atoms with Gasteiger partial charge in [-0.05, 0) is 75.8 Å². The quantitative estimate of drug-likeness (QED) is 0.463. The van der Waals surface area contributed by atoms with E-state index in [4.69, 9.17) is 0 Å². The highest BCUT2D eigenvalue weighted by Crippen LogP contribution is 2.30. The van der Waals surface area contributed by atoms with E-state index in [1.54, 1.807) is 22.8 Å². The van der Waals surface area contributed by atoms with Gasteiger partial charge < -0.3 is 15.5 Å². The summed E-state index contributed by atoms with van der Waals surface area (Å²) in [7, 11) is 0. The first-order chi connectivity index (χ1) is 19.4. The van der Waals surface area contributed by atoms with E-state index in [1.165, 1.54) is 9.47 Å². The van der Waals surface area contributed by atoms with Crippen molar-refractivity contribution < 1.29 is 22.8 Å². The van der Waals surface area contributed by atoms with Gasteiger partial charge in [-0.25, -0.2) is 9.59 Å². The summed E-state index contributed by atoms with van der Waals surface area (Å²) in [5.74, 6) is -0.435. The number of rotatable bonds is 6. The molecule has 0 spiro atoms. The summed E-state index contributed by atoms with van der Waals surface area (Å²) in [6.45, 7) is 4.67. The lowest BCUT2D eigenvalue weighted by Crippen LogP contribution is -2.50. The van der Waals surface area contributed by atoms with Crippen LogP contribution in [0.1, 0.15) is 61.6 Å². The number of benzene rings is 1. The van der Waals surface area contributed by atoms with Gasteiger partial charge in [-0.1, -0.05) is 0 Å². The molecule has 10 nitrogen and oxygen atoms in total. The predicted molar refractivity (Wildman–Crippen MR) is 146 cm³/mol. The van der Waals surface area contributed by atoms with Crippen molar-refractivity contribution in [2.45, 2.75) is 64.3 Å². The number of carbonyl (C=O) groups excluding carboxylic acids is 2. The maximum absolute atomic E-state index is 13.3. The molecule has 0 bridgehead atoms. The molecule has 2 aromatic heterocycles. The third kappa shape index (κ3) is 6.13. The number of nitrogens with one attached hydrogen (secondary N) is 2. The summed E-state index contributed by atoms with van der Waals surface area (Å²) in [5.41, 5.74) is -1.20. The Kier molecular flexibility index (Phi) is 7.62. The molecule has 1 aromatic carbocycles. The predicted octanol–water partition coefficient (Wildman–Crippen LogP) is 3.99. The second kappa shape index (κ2) is 11.0. The minimum absolute atomic E-state index is 0.144. The lowest BCUT2D eigenvalue weighted by Gasteiger charge is -2.33. The Morgan fingerprint density at radius 3 is 2.54 bits per heavy atom. The number of anilines is 1. The summed E-state index contributed by atoms with van der Waals surface area (Å²) in [6, 6.07) is 5.23. The van der Waals surface area contributed by atoms with E-state index in [-0.39, 0.29) is 24.0 Å². The molecule has 0 radical (unpaired) electrons. The van der Waals surface area contributed by atoms with Crippen LogP contribution >= 0.6 is 0 Å². The van der Waals surface area contributed by atoms with E-state index in [1.807, 2.05) is 13.8 Å². The molecular weight excluding hydrogens is 541 g/mol. The van der Waals surface area contributed by atoms with Crippen LogP contribution in [0.25, 0.3) is 10.9 Å². The first kappa shape index (κ1) is 28.4. The summed E-state index contributed by atoms with van der Waals surface area (Å²) >= 11 is 0. The van der Waals surface area contributed by atoms with E-state index >= 15 is 0 Å². The van der Waals surface area contributed by atoms with Crippen LogP contribution in [0.4, 0.5) is 23.7 Å². The van der Waals surface area contributed by atoms with Gasteiger partial charge in [0, 0.05) is 43.6 Å². The molecule has 3 aromatic rings. The maximum Gasteiger partial charge on any atom is 0.416 e. The number of nitrogens with zero attached hydrogens (tertiary/aromatic N) is 4. The summed E-state index contributed by atoms with van der Waals surface area (Å²) in [4.78, 5) is 57.4. The van der Waals surface area contributed by atoms with E-state index in [0.717, 1.165) is 25.1 Å². The molecule has 1 atom stereocenters. The average molecular weight is 573 g/mol. The molecule has 3 amide bonds. The van der Waals surface area contributed by atoms with Crippen molar-refractivity contribution in [1.29, 1.82) is 0 Å². The van der Waals surface area contributed by atoms with Crippen LogP contribution in [0, 0.1) is 5.92 Å². The van der Waals surface area contributed by atoms with Crippen molar-refractivity contribution in [3.05, 3.63) is 68.6 Å². The number of piperidine rings is 1. The van der Waals surface area contributed by atoms with Crippen molar-refractivity contribution in [3.8, 4) is 0 Å². The van der Waals surface area contributed by atoms with Gasteiger partial charge in [0.15, 0.2) is 0 Å². The maximum atomic E-state index is 13.3. The number of hydrogen-bond acceptors (Lipinski definition) is 5. The number of amides is 3. The van der Waals surface area contributed by atoms with Gasteiger partial charge in [-0.3, -0.25) is 23.7 Å². The van der Waals surface area contributed by atoms with Crippen molar-refractivity contribution >= 4 is 28.5 Å². The van der Waals surface area contributed by atoms with Crippen molar-refractivity contribution in [2.24, 2.45) is 5.92 Å². The molecule has 3 heterocycles. The fourth-order valence-electron chi connectivity index (χ4n) is 5.15. The smallest absolute Gasteiger partial charge is 0.346 e. The Balaban J connectivity index is 1.31. The number of fused-ring (bicyclic) bond motifs is 1. The minimum atomic E-state index is -4.60. The van der Waals surface area contributed by atoms with Gasteiger partial charge in [-0.2, -0.15) is 13.2 Å². The molecule has 2 N–H and O–H groups in total. The molecule has 1 aliphatic carbocycles. The molecule has 2 fully saturated rings. The third-order valence-corrected chi connectivity index (χ3v) is 7.44. The number of likely N-dealkylation sites (tertiary alicyclic amines) is 1. The monoisotopic (exact) mass is 572 g/mol. The molecular formula is C28H31F3N6O4. The molecule has 13 heteroatoms. The number of hydrogen-bond donors (Lipinski definition) is 2. The number of urea groups is 1. The zero-order valence-corrected chi connectivity index (χ0v) is 22.7. The Morgan fingerprint density at radius 1 is 1.10 bits per heavy atom. The fraction of sp³-hybridized carbons (Fsp3) is 0.464. The SMILES string of the molecule is CC(C)n1c(=O)n(CC2CC2)c(=O)c2cc(NC(=O)N3CCC[C@@H](NC(=O)c4cc(C(F)(F)F)ccn4)C3)ccc21. The Labute approximate surface area is 233 Å². The van der Waals surface area contributed by atoms with Gasteiger partial charge in [0.2, 0.25) is 0 Å². The Hall–Kier alpha value is -4.16. The van der Waals surface area contributed by atoms with Gasteiger partial charge in [0.05, 0.1) is 16.5 Å². The van der Waals surface area contributed by atoms with Crippen LogP contribution in [0.5, 0.6) is 0 Å². The highest BCUT2D eigenvalue weighted by Gasteiger charge is 2.32. The molecule has 218 valence electrons. The standard InChI is InChI=1S/C28H31F3N6O4/c1-16(2)37-23-8-7-19(13-21(23)25(39)36(27(37)41)14-17-5-6-17)34-26(40)35-11-3-4-20(15-35)33-24(38)22-12-18(9-10-32-22)28(29,30)31/h7-10,12-13,16-17,20H,3-6,11,14-15H2,1-2H3,(H,33,38)(H,34,40)/t20-/m1/s1. The van der Waals surface area contributed by atoms with Gasteiger partial charge in [0.25, 0.3) is 11.5 Å².